The predicted octanol–water partition coefficient (Wildman–Crippen LogP) is 0.937. The predicted molar refractivity (Wildman–Crippen MR) is 78.5 cm³/mol. The van der Waals surface area contributed by atoms with Crippen LogP contribution in [0.3, 0.4) is 0 Å². The Morgan fingerprint density at radius 1 is 1.33 bits per heavy atom. The number of nitrogens with one attached hydrogen (secondary N) is 1. The van der Waals surface area contributed by atoms with E-state index < -0.39 is 10.0 Å². The van der Waals surface area contributed by atoms with E-state index in [0.29, 0.717) is 16.9 Å². The highest BCUT2D eigenvalue weighted by atomic mass is 32.2. The lowest BCUT2D eigenvalue weighted by Gasteiger charge is -2.07. The van der Waals surface area contributed by atoms with Crippen LogP contribution in [0.2, 0.25) is 0 Å². The minimum absolute atomic E-state index is 0.0556. The lowest BCUT2D eigenvalue weighted by Crippen LogP contribution is -2.16. The SMILES string of the molecule is Cc1nn(C)c(C)c1C(=O)Nc1cccc(S(N)(=O)=O)c1. The van der Waals surface area contributed by atoms with Crippen molar-refractivity contribution in [2.75, 3.05) is 5.32 Å². The average molecular weight is 308 g/mol. The zero-order valence-electron chi connectivity index (χ0n) is 11.9. The zero-order chi connectivity index (χ0) is 15.8. The maximum atomic E-state index is 12.3. The summed E-state index contributed by atoms with van der Waals surface area (Å²) in [6, 6.07) is 5.78. The van der Waals surface area contributed by atoms with Gasteiger partial charge >= 0.3 is 0 Å². The van der Waals surface area contributed by atoms with E-state index in [-0.39, 0.29) is 10.8 Å². The Bertz CT molecular complexity index is 809. The molecule has 112 valence electrons. The van der Waals surface area contributed by atoms with Crippen molar-refractivity contribution in [2.24, 2.45) is 12.2 Å². The number of amides is 1. The number of nitrogens with two attached hydrogens (primary N) is 1. The van der Waals surface area contributed by atoms with Gasteiger partial charge < -0.3 is 5.32 Å². The summed E-state index contributed by atoms with van der Waals surface area (Å²) in [5.74, 6) is -0.343. The molecule has 1 aromatic carbocycles. The summed E-state index contributed by atoms with van der Waals surface area (Å²) >= 11 is 0. The van der Waals surface area contributed by atoms with Crippen molar-refractivity contribution >= 4 is 21.6 Å². The van der Waals surface area contributed by atoms with Gasteiger partial charge in [0.05, 0.1) is 16.2 Å². The summed E-state index contributed by atoms with van der Waals surface area (Å²) < 4.78 is 24.2. The number of sulfonamides is 1. The summed E-state index contributed by atoms with van der Waals surface area (Å²) in [6.07, 6.45) is 0. The number of primary sulfonamides is 1. The Labute approximate surface area is 122 Å². The molecule has 7 nitrogen and oxygen atoms in total. The van der Waals surface area contributed by atoms with Gasteiger partial charge in [-0.2, -0.15) is 5.10 Å². The van der Waals surface area contributed by atoms with Gasteiger partial charge in [0.1, 0.15) is 0 Å². The average Bonchev–Trinajstić information content (AvgIpc) is 2.62. The van der Waals surface area contributed by atoms with Gasteiger partial charge in [-0.25, -0.2) is 13.6 Å². The van der Waals surface area contributed by atoms with Gasteiger partial charge in [0, 0.05) is 18.4 Å². The summed E-state index contributed by atoms with van der Waals surface area (Å²) in [4.78, 5) is 12.2. The first-order valence-corrected chi connectivity index (χ1v) is 7.69. The molecule has 0 radical (unpaired) electrons. The van der Waals surface area contributed by atoms with Gasteiger partial charge in [-0.1, -0.05) is 6.07 Å². The molecule has 0 aliphatic heterocycles. The van der Waals surface area contributed by atoms with E-state index in [9.17, 15) is 13.2 Å². The van der Waals surface area contributed by atoms with Crippen LogP contribution in [-0.2, 0) is 17.1 Å². The third kappa shape index (κ3) is 3.11. The fourth-order valence-electron chi connectivity index (χ4n) is 2.05. The van der Waals surface area contributed by atoms with Crippen molar-refractivity contribution in [1.82, 2.24) is 9.78 Å². The molecular weight excluding hydrogens is 292 g/mol. The highest BCUT2D eigenvalue weighted by molar-refractivity contribution is 7.89. The lowest BCUT2D eigenvalue weighted by molar-refractivity contribution is 0.102. The number of benzene rings is 1. The van der Waals surface area contributed by atoms with E-state index in [2.05, 4.69) is 10.4 Å². The van der Waals surface area contributed by atoms with Crippen LogP contribution < -0.4 is 10.5 Å². The minimum Gasteiger partial charge on any atom is -0.322 e. The van der Waals surface area contributed by atoms with Crippen molar-refractivity contribution in [3.05, 3.63) is 41.2 Å². The number of aryl methyl sites for hydroxylation is 2. The number of hydrogen-bond acceptors (Lipinski definition) is 4. The molecule has 0 bridgehead atoms. The van der Waals surface area contributed by atoms with E-state index in [4.69, 9.17) is 5.14 Å². The lowest BCUT2D eigenvalue weighted by atomic mass is 10.2. The minimum atomic E-state index is -3.81. The fourth-order valence-corrected chi connectivity index (χ4v) is 2.61. The van der Waals surface area contributed by atoms with Crippen LogP contribution >= 0.6 is 0 Å². The highest BCUT2D eigenvalue weighted by Gasteiger charge is 2.18. The molecule has 0 fully saturated rings. The second-order valence-electron chi connectivity index (χ2n) is 4.70. The Hall–Kier alpha value is -2.19. The summed E-state index contributed by atoms with van der Waals surface area (Å²) in [7, 11) is -2.06. The number of hydrogen-bond donors (Lipinski definition) is 2. The van der Waals surface area contributed by atoms with Crippen molar-refractivity contribution < 1.29 is 13.2 Å². The first-order chi connectivity index (χ1) is 9.70. The molecule has 0 atom stereocenters. The Balaban J connectivity index is 2.32. The molecule has 0 aliphatic carbocycles. The van der Waals surface area contributed by atoms with Gasteiger partial charge in [-0.05, 0) is 32.0 Å². The second-order valence-corrected chi connectivity index (χ2v) is 6.26. The first kappa shape index (κ1) is 15.2. The highest BCUT2D eigenvalue weighted by Crippen LogP contribution is 2.17. The quantitative estimate of drug-likeness (QED) is 0.879. The Morgan fingerprint density at radius 2 is 2.00 bits per heavy atom. The molecule has 8 heteroatoms. The standard InChI is InChI=1S/C13H16N4O3S/c1-8-12(9(2)17(3)16-8)13(18)15-10-5-4-6-11(7-10)21(14,19)20/h4-7H,1-3H3,(H,15,18)(H2,14,19,20). The van der Waals surface area contributed by atoms with Gasteiger partial charge in [0.25, 0.3) is 5.91 Å². The van der Waals surface area contributed by atoms with Crippen LogP contribution in [0, 0.1) is 13.8 Å². The van der Waals surface area contributed by atoms with Crippen LogP contribution in [0.4, 0.5) is 5.69 Å². The number of anilines is 1. The number of aromatic nitrogens is 2. The molecule has 0 unspecified atom stereocenters. The molecule has 1 amide bonds. The van der Waals surface area contributed by atoms with Crippen LogP contribution in [-0.4, -0.2) is 24.1 Å². The van der Waals surface area contributed by atoms with Crippen molar-refractivity contribution in [2.45, 2.75) is 18.7 Å². The van der Waals surface area contributed by atoms with E-state index in [1.54, 1.807) is 31.6 Å². The fraction of sp³-hybridized carbons (Fsp3) is 0.231. The monoisotopic (exact) mass is 308 g/mol. The number of nitrogens with zero attached hydrogens (tertiary/aromatic N) is 2. The molecule has 0 aliphatic rings. The molecule has 2 aromatic rings. The van der Waals surface area contributed by atoms with E-state index >= 15 is 0 Å². The number of carbonyl (C=O) groups is 1. The molecule has 0 saturated carbocycles. The first-order valence-electron chi connectivity index (χ1n) is 6.14. The Morgan fingerprint density at radius 3 is 2.52 bits per heavy atom. The number of rotatable bonds is 3. The molecule has 3 N–H and O–H groups in total. The van der Waals surface area contributed by atoms with E-state index in [1.807, 2.05) is 0 Å². The largest absolute Gasteiger partial charge is 0.322 e. The summed E-state index contributed by atoms with van der Waals surface area (Å²) in [5, 5.41) is 11.9. The number of carbonyl (C=O) groups excluding carboxylic acids is 1. The van der Waals surface area contributed by atoms with Gasteiger partial charge in [0.15, 0.2) is 0 Å². The molecule has 2 rings (SSSR count). The zero-order valence-corrected chi connectivity index (χ0v) is 12.7. The maximum absolute atomic E-state index is 12.3. The van der Waals surface area contributed by atoms with Crippen LogP contribution in [0.25, 0.3) is 0 Å². The van der Waals surface area contributed by atoms with Crippen LogP contribution in [0.15, 0.2) is 29.2 Å². The normalized spacial score (nSPS) is 11.4. The molecule has 0 spiro atoms. The van der Waals surface area contributed by atoms with Gasteiger partial charge in [0.2, 0.25) is 10.0 Å². The van der Waals surface area contributed by atoms with Crippen molar-refractivity contribution in [1.29, 1.82) is 0 Å². The molecule has 1 aromatic heterocycles. The summed E-state index contributed by atoms with van der Waals surface area (Å²) in [6.45, 7) is 3.53. The third-order valence-corrected chi connectivity index (χ3v) is 4.07. The topological polar surface area (TPSA) is 107 Å². The van der Waals surface area contributed by atoms with Crippen LogP contribution in [0.5, 0.6) is 0 Å². The van der Waals surface area contributed by atoms with E-state index in [0.717, 1.165) is 5.69 Å². The summed E-state index contributed by atoms with van der Waals surface area (Å²) in [5.41, 5.74) is 2.16. The smallest absolute Gasteiger partial charge is 0.259 e. The molecule has 1 heterocycles. The molecule has 0 saturated heterocycles. The van der Waals surface area contributed by atoms with Gasteiger partial charge in [-0.3, -0.25) is 9.48 Å². The second kappa shape index (κ2) is 5.30. The van der Waals surface area contributed by atoms with Crippen LogP contribution in [0.1, 0.15) is 21.7 Å². The Kier molecular flexibility index (Phi) is 3.84. The van der Waals surface area contributed by atoms with Crippen molar-refractivity contribution in [3.8, 4) is 0 Å². The molecular formula is C13H16N4O3S. The van der Waals surface area contributed by atoms with Gasteiger partial charge in [-0.15, -0.1) is 0 Å². The van der Waals surface area contributed by atoms with E-state index in [1.165, 1.54) is 18.2 Å². The third-order valence-electron chi connectivity index (χ3n) is 3.16. The maximum Gasteiger partial charge on any atom is 0.259 e. The molecule has 21 heavy (non-hydrogen) atoms. The van der Waals surface area contributed by atoms with Crippen molar-refractivity contribution in [3.63, 3.8) is 0 Å².